The lowest BCUT2D eigenvalue weighted by Gasteiger charge is -2.16. The molecule has 23 heavy (non-hydrogen) atoms. The zero-order valence-corrected chi connectivity index (χ0v) is 13.7. The van der Waals surface area contributed by atoms with E-state index in [-0.39, 0.29) is 4.90 Å². The Balaban J connectivity index is 2.29. The zero-order valence-electron chi connectivity index (χ0n) is 12.9. The number of nitrogen functional groups attached to an aromatic ring is 1. The predicted molar refractivity (Wildman–Crippen MR) is 93.6 cm³/mol. The van der Waals surface area contributed by atoms with E-state index in [2.05, 4.69) is 4.99 Å². The number of sulfone groups is 1. The lowest BCUT2D eigenvalue weighted by Crippen LogP contribution is -2.13. The molecule has 0 amide bonds. The Kier molecular flexibility index (Phi) is 3.69. The summed E-state index contributed by atoms with van der Waals surface area (Å²) in [4.78, 5) is 6.52. The van der Waals surface area contributed by atoms with Gasteiger partial charge in [-0.2, -0.15) is 0 Å². The van der Waals surface area contributed by atoms with Crippen LogP contribution < -0.4 is 10.6 Å². The number of nitrogens with two attached hydrogens (primary N) is 1. The highest BCUT2D eigenvalue weighted by Crippen LogP contribution is 2.28. The molecule has 0 aromatic heterocycles. The van der Waals surface area contributed by atoms with Crippen molar-refractivity contribution < 1.29 is 8.42 Å². The summed E-state index contributed by atoms with van der Waals surface area (Å²) in [5.41, 5.74) is 9.31. The summed E-state index contributed by atoms with van der Waals surface area (Å²) in [6.07, 6.45) is 1.32. The maximum Gasteiger partial charge on any atom is 0.201 e. The standard InChI is InChI=1S/C17H17N3O2S/c1-20(2)14-6-7-16-15(11-14)17(19-8-9-23(16,21)22)12-4-3-5-13(18)10-12/h3-11H,18H2,1-2H3. The number of hydrogen-bond donors (Lipinski definition) is 1. The van der Waals surface area contributed by atoms with Crippen molar-refractivity contribution >= 4 is 26.9 Å². The van der Waals surface area contributed by atoms with Crippen molar-refractivity contribution in [1.82, 2.24) is 0 Å². The highest BCUT2D eigenvalue weighted by molar-refractivity contribution is 7.94. The molecule has 0 saturated heterocycles. The van der Waals surface area contributed by atoms with Crippen molar-refractivity contribution in [2.75, 3.05) is 24.7 Å². The van der Waals surface area contributed by atoms with Crippen molar-refractivity contribution in [2.24, 2.45) is 4.99 Å². The first-order chi connectivity index (χ1) is 10.9. The Morgan fingerprint density at radius 2 is 1.87 bits per heavy atom. The van der Waals surface area contributed by atoms with Gasteiger partial charge in [0.1, 0.15) is 0 Å². The Hall–Kier alpha value is -2.60. The van der Waals surface area contributed by atoms with Crippen LogP contribution in [-0.4, -0.2) is 28.2 Å². The van der Waals surface area contributed by atoms with Crippen LogP contribution in [0.5, 0.6) is 0 Å². The molecular formula is C17H17N3O2S. The maximum atomic E-state index is 12.4. The van der Waals surface area contributed by atoms with Crippen LogP contribution in [0.25, 0.3) is 0 Å². The first-order valence-electron chi connectivity index (χ1n) is 7.05. The molecule has 5 nitrogen and oxygen atoms in total. The van der Waals surface area contributed by atoms with Gasteiger partial charge in [-0.3, -0.25) is 4.99 Å². The van der Waals surface area contributed by atoms with Crippen LogP contribution in [0, 0.1) is 0 Å². The molecule has 1 heterocycles. The van der Waals surface area contributed by atoms with Crippen LogP contribution in [0.2, 0.25) is 0 Å². The molecule has 0 saturated carbocycles. The average molecular weight is 327 g/mol. The third-order valence-corrected chi connectivity index (χ3v) is 5.09. The molecule has 2 aromatic rings. The molecule has 0 atom stereocenters. The summed E-state index contributed by atoms with van der Waals surface area (Å²) in [5.74, 6) is 0. The molecule has 2 N–H and O–H groups in total. The van der Waals surface area contributed by atoms with E-state index in [0.29, 0.717) is 17.0 Å². The normalized spacial score (nSPS) is 15.5. The molecule has 0 aliphatic carbocycles. The first-order valence-corrected chi connectivity index (χ1v) is 8.60. The van der Waals surface area contributed by atoms with E-state index in [1.54, 1.807) is 24.3 Å². The van der Waals surface area contributed by atoms with Crippen LogP contribution in [0.4, 0.5) is 11.4 Å². The number of fused-ring (bicyclic) bond motifs is 1. The number of anilines is 2. The monoisotopic (exact) mass is 327 g/mol. The van der Waals surface area contributed by atoms with Gasteiger partial charge in [-0.1, -0.05) is 12.1 Å². The van der Waals surface area contributed by atoms with E-state index in [1.165, 1.54) is 6.20 Å². The Morgan fingerprint density at radius 1 is 1.09 bits per heavy atom. The lowest BCUT2D eigenvalue weighted by atomic mass is 10.0. The van der Waals surface area contributed by atoms with Crippen LogP contribution >= 0.6 is 0 Å². The smallest absolute Gasteiger partial charge is 0.201 e. The van der Waals surface area contributed by atoms with E-state index >= 15 is 0 Å². The summed E-state index contributed by atoms with van der Waals surface area (Å²) in [6, 6.07) is 12.5. The van der Waals surface area contributed by atoms with Gasteiger partial charge in [-0.15, -0.1) is 0 Å². The average Bonchev–Trinajstić information content (AvgIpc) is 2.63. The summed E-state index contributed by atoms with van der Waals surface area (Å²) < 4.78 is 24.8. The van der Waals surface area contributed by atoms with Gasteiger partial charge < -0.3 is 10.6 Å². The van der Waals surface area contributed by atoms with Crippen LogP contribution in [-0.2, 0) is 9.84 Å². The fourth-order valence-corrected chi connectivity index (χ4v) is 3.56. The zero-order chi connectivity index (χ0) is 16.6. The fraction of sp³-hybridized carbons (Fsp3) is 0.118. The molecule has 0 spiro atoms. The highest BCUT2D eigenvalue weighted by atomic mass is 32.2. The van der Waals surface area contributed by atoms with Gasteiger partial charge >= 0.3 is 0 Å². The quantitative estimate of drug-likeness (QED) is 0.860. The minimum Gasteiger partial charge on any atom is -0.399 e. The van der Waals surface area contributed by atoms with Crippen molar-refractivity contribution in [1.29, 1.82) is 0 Å². The van der Waals surface area contributed by atoms with Gasteiger partial charge in [-0.05, 0) is 30.3 Å². The molecule has 3 rings (SSSR count). The van der Waals surface area contributed by atoms with Crippen molar-refractivity contribution in [3.63, 3.8) is 0 Å². The highest BCUT2D eigenvalue weighted by Gasteiger charge is 2.23. The number of benzene rings is 2. The summed E-state index contributed by atoms with van der Waals surface area (Å²) in [7, 11) is 0.294. The molecular weight excluding hydrogens is 310 g/mol. The number of nitrogens with zero attached hydrogens (tertiary/aromatic N) is 2. The van der Waals surface area contributed by atoms with Crippen molar-refractivity contribution in [3.05, 3.63) is 65.2 Å². The second-order valence-electron chi connectivity index (χ2n) is 5.51. The summed E-state index contributed by atoms with van der Waals surface area (Å²) >= 11 is 0. The molecule has 0 radical (unpaired) electrons. The topological polar surface area (TPSA) is 75.8 Å². The molecule has 0 fully saturated rings. The number of hydrogen-bond acceptors (Lipinski definition) is 5. The van der Waals surface area contributed by atoms with Gasteiger partial charge in [-0.25, -0.2) is 8.42 Å². The van der Waals surface area contributed by atoms with Gasteiger partial charge in [0.2, 0.25) is 9.84 Å². The molecule has 2 aromatic carbocycles. The molecule has 6 heteroatoms. The third-order valence-electron chi connectivity index (χ3n) is 3.64. The van der Waals surface area contributed by atoms with E-state index in [4.69, 9.17) is 5.73 Å². The van der Waals surface area contributed by atoms with Gasteiger partial charge in [0.15, 0.2) is 0 Å². The molecule has 0 bridgehead atoms. The Labute approximate surface area is 135 Å². The lowest BCUT2D eigenvalue weighted by molar-refractivity contribution is 0.604. The van der Waals surface area contributed by atoms with Crippen molar-refractivity contribution in [2.45, 2.75) is 4.90 Å². The second-order valence-corrected chi connectivity index (χ2v) is 7.31. The summed E-state index contributed by atoms with van der Waals surface area (Å²) in [5, 5.41) is 1.13. The Bertz CT molecular complexity index is 929. The van der Waals surface area contributed by atoms with E-state index in [9.17, 15) is 8.42 Å². The van der Waals surface area contributed by atoms with E-state index in [0.717, 1.165) is 16.7 Å². The second kappa shape index (κ2) is 5.55. The minimum absolute atomic E-state index is 0.248. The first kappa shape index (κ1) is 15.3. The number of rotatable bonds is 2. The van der Waals surface area contributed by atoms with Crippen LogP contribution in [0.15, 0.2) is 64.0 Å². The van der Waals surface area contributed by atoms with E-state index in [1.807, 2.05) is 37.2 Å². The van der Waals surface area contributed by atoms with E-state index < -0.39 is 9.84 Å². The van der Waals surface area contributed by atoms with Gasteiger partial charge in [0.05, 0.1) is 16.0 Å². The predicted octanol–water partition coefficient (Wildman–Crippen LogP) is 2.43. The van der Waals surface area contributed by atoms with Gasteiger partial charge in [0.25, 0.3) is 0 Å². The number of aliphatic imine (C=N–C) groups is 1. The SMILES string of the molecule is CN(C)c1ccc2c(c1)C(c1cccc(N)c1)=NC=CS2(=O)=O. The molecule has 1 aliphatic rings. The summed E-state index contributed by atoms with van der Waals surface area (Å²) in [6.45, 7) is 0. The maximum absolute atomic E-state index is 12.4. The van der Waals surface area contributed by atoms with Crippen molar-refractivity contribution in [3.8, 4) is 0 Å². The molecule has 0 unspecified atom stereocenters. The largest absolute Gasteiger partial charge is 0.399 e. The third kappa shape index (κ3) is 2.85. The van der Waals surface area contributed by atoms with Crippen LogP contribution in [0.3, 0.4) is 0 Å². The molecule has 1 aliphatic heterocycles. The van der Waals surface area contributed by atoms with Gasteiger partial charge in [0, 0.05) is 42.8 Å². The fourth-order valence-electron chi connectivity index (χ4n) is 2.47. The van der Waals surface area contributed by atoms with Crippen LogP contribution in [0.1, 0.15) is 11.1 Å². The Morgan fingerprint density at radius 3 is 2.57 bits per heavy atom. The minimum atomic E-state index is -3.52. The molecule has 118 valence electrons.